The van der Waals surface area contributed by atoms with Gasteiger partial charge in [0.05, 0.1) is 4.92 Å². The van der Waals surface area contributed by atoms with Crippen LogP contribution in [-0.2, 0) is 7.05 Å². The summed E-state index contributed by atoms with van der Waals surface area (Å²) in [6, 6.07) is 11.4. The zero-order chi connectivity index (χ0) is 18.8. The Morgan fingerprint density at radius 3 is 2.19 bits per heavy atom. The third-order valence-corrected chi connectivity index (χ3v) is 3.76. The van der Waals surface area contributed by atoms with Crippen LogP contribution in [0, 0.1) is 22.9 Å². The van der Waals surface area contributed by atoms with E-state index in [1.807, 2.05) is 0 Å². The van der Waals surface area contributed by atoms with Gasteiger partial charge in [-0.2, -0.15) is 5.10 Å². The van der Waals surface area contributed by atoms with Gasteiger partial charge in [-0.1, -0.05) is 0 Å². The first-order valence-corrected chi connectivity index (χ1v) is 7.63. The Labute approximate surface area is 147 Å². The van der Waals surface area contributed by atoms with Crippen molar-refractivity contribution < 1.29 is 18.8 Å². The number of rotatable bonds is 5. The van der Waals surface area contributed by atoms with E-state index in [0.29, 0.717) is 16.9 Å². The Bertz CT molecular complexity index is 979. The van der Waals surface area contributed by atoms with Gasteiger partial charge in [0.15, 0.2) is 5.78 Å². The molecule has 0 radical (unpaired) electrons. The van der Waals surface area contributed by atoms with Gasteiger partial charge in [0.25, 0.3) is 5.88 Å². The Morgan fingerprint density at radius 1 is 1.12 bits per heavy atom. The quantitative estimate of drug-likeness (QED) is 0.395. The number of halogens is 1. The van der Waals surface area contributed by atoms with Gasteiger partial charge in [0.2, 0.25) is 0 Å². The molecule has 0 atom stereocenters. The molecule has 3 rings (SSSR count). The summed E-state index contributed by atoms with van der Waals surface area (Å²) in [6.07, 6.45) is 0. The highest BCUT2D eigenvalue weighted by molar-refractivity contribution is 6.09. The molecular weight excluding hydrogens is 341 g/mol. The Balaban J connectivity index is 1.84. The number of aromatic nitrogens is 2. The molecule has 26 heavy (non-hydrogen) atoms. The molecule has 1 aromatic heterocycles. The summed E-state index contributed by atoms with van der Waals surface area (Å²) in [5.74, 6) is -0.353. The van der Waals surface area contributed by atoms with Crippen LogP contribution in [0.1, 0.15) is 21.6 Å². The lowest BCUT2D eigenvalue weighted by Crippen LogP contribution is -2.01. The van der Waals surface area contributed by atoms with E-state index in [1.165, 1.54) is 60.1 Å². The number of benzene rings is 2. The lowest BCUT2D eigenvalue weighted by Gasteiger charge is -2.06. The molecule has 0 saturated heterocycles. The molecule has 0 bridgehead atoms. The monoisotopic (exact) mass is 355 g/mol. The van der Waals surface area contributed by atoms with Crippen LogP contribution in [0.15, 0.2) is 48.5 Å². The number of hydrogen-bond donors (Lipinski definition) is 0. The average molecular weight is 355 g/mol. The fourth-order valence-corrected chi connectivity index (χ4v) is 2.50. The van der Waals surface area contributed by atoms with E-state index in [9.17, 15) is 19.3 Å². The third-order valence-electron chi connectivity index (χ3n) is 3.76. The van der Waals surface area contributed by atoms with Gasteiger partial charge < -0.3 is 4.74 Å². The van der Waals surface area contributed by atoms with Crippen molar-refractivity contribution in [3.8, 4) is 11.6 Å². The number of carbonyl (C=O) groups is 1. The molecule has 0 saturated carbocycles. The van der Waals surface area contributed by atoms with Gasteiger partial charge in [-0.15, -0.1) is 0 Å². The highest BCUT2D eigenvalue weighted by Gasteiger charge is 2.26. The predicted octanol–water partition coefficient (Wildman–Crippen LogP) is 3.80. The summed E-state index contributed by atoms with van der Waals surface area (Å²) in [5, 5.41) is 15.2. The highest BCUT2D eigenvalue weighted by atomic mass is 19.1. The molecule has 1 heterocycles. The maximum Gasteiger partial charge on any atom is 0.353 e. The second-order valence-corrected chi connectivity index (χ2v) is 5.58. The summed E-state index contributed by atoms with van der Waals surface area (Å²) in [4.78, 5) is 23.0. The second-order valence-electron chi connectivity index (χ2n) is 5.58. The molecule has 2 aromatic carbocycles. The Morgan fingerprint density at radius 2 is 1.65 bits per heavy atom. The average Bonchev–Trinajstić information content (AvgIpc) is 2.89. The van der Waals surface area contributed by atoms with Crippen molar-refractivity contribution in [2.45, 2.75) is 6.92 Å². The predicted molar refractivity (Wildman–Crippen MR) is 90.9 cm³/mol. The molecule has 132 valence electrons. The van der Waals surface area contributed by atoms with Crippen molar-refractivity contribution in [3.63, 3.8) is 0 Å². The molecule has 0 aliphatic carbocycles. The molecule has 0 aliphatic heterocycles. The Hall–Kier alpha value is -3.55. The van der Waals surface area contributed by atoms with Gasteiger partial charge in [0.1, 0.15) is 17.3 Å². The highest BCUT2D eigenvalue weighted by Crippen LogP contribution is 2.33. The lowest BCUT2D eigenvalue weighted by atomic mass is 10.0. The molecule has 0 fully saturated rings. The van der Waals surface area contributed by atoms with Crippen LogP contribution in [0.4, 0.5) is 10.1 Å². The van der Waals surface area contributed by atoms with Gasteiger partial charge in [0, 0.05) is 18.2 Å². The van der Waals surface area contributed by atoms with Crippen LogP contribution in [0.2, 0.25) is 0 Å². The SMILES string of the molecule is Cc1nn(C)c(Oc2ccc(C(=O)c3ccc(F)cc3)cc2)c1[N+](=O)[O-]. The number of nitro groups is 1. The van der Waals surface area contributed by atoms with Crippen LogP contribution in [0.5, 0.6) is 11.6 Å². The summed E-state index contributed by atoms with van der Waals surface area (Å²) < 4.78 is 19.8. The van der Waals surface area contributed by atoms with E-state index in [-0.39, 0.29) is 23.0 Å². The maximum absolute atomic E-state index is 13.0. The zero-order valence-electron chi connectivity index (χ0n) is 14.0. The zero-order valence-corrected chi connectivity index (χ0v) is 14.0. The number of ketones is 1. The lowest BCUT2D eigenvalue weighted by molar-refractivity contribution is -0.386. The summed E-state index contributed by atoms with van der Waals surface area (Å²) >= 11 is 0. The van der Waals surface area contributed by atoms with E-state index >= 15 is 0 Å². The van der Waals surface area contributed by atoms with E-state index in [1.54, 1.807) is 7.05 Å². The van der Waals surface area contributed by atoms with Crippen LogP contribution < -0.4 is 4.74 Å². The van der Waals surface area contributed by atoms with Crippen LogP contribution >= 0.6 is 0 Å². The molecule has 0 amide bonds. The van der Waals surface area contributed by atoms with Crippen molar-refractivity contribution in [1.82, 2.24) is 9.78 Å². The fourth-order valence-electron chi connectivity index (χ4n) is 2.50. The first kappa shape index (κ1) is 17.3. The molecule has 0 unspecified atom stereocenters. The van der Waals surface area contributed by atoms with Crippen molar-refractivity contribution in [2.75, 3.05) is 0 Å². The maximum atomic E-state index is 13.0. The molecule has 7 nitrogen and oxygen atoms in total. The normalized spacial score (nSPS) is 10.6. The molecule has 0 aliphatic rings. The van der Waals surface area contributed by atoms with Crippen LogP contribution in [0.25, 0.3) is 0 Å². The number of ether oxygens (including phenoxy) is 1. The van der Waals surface area contributed by atoms with E-state index in [4.69, 9.17) is 4.74 Å². The van der Waals surface area contributed by atoms with Crippen LogP contribution in [0.3, 0.4) is 0 Å². The molecule has 8 heteroatoms. The first-order valence-electron chi connectivity index (χ1n) is 7.63. The van der Waals surface area contributed by atoms with Gasteiger partial charge in [-0.3, -0.25) is 14.9 Å². The van der Waals surface area contributed by atoms with Crippen molar-refractivity contribution in [3.05, 3.63) is 81.3 Å². The standard InChI is InChI=1S/C18H14FN3O4/c1-11-16(22(24)25)18(21(2)20-11)26-15-9-5-13(6-10-15)17(23)12-3-7-14(19)8-4-12/h3-10H,1-2H3. The first-order chi connectivity index (χ1) is 12.4. The minimum absolute atomic E-state index is 0.00473. The molecule has 0 spiro atoms. The van der Waals surface area contributed by atoms with Gasteiger partial charge in [-0.05, 0) is 55.5 Å². The number of aryl methyl sites for hydroxylation is 2. The third kappa shape index (κ3) is 3.30. The van der Waals surface area contributed by atoms with Crippen molar-refractivity contribution in [1.29, 1.82) is 0 Å². The number of nitrogens with zero attached hydrogens (tertiary/aromatic N) is 3. The summed E-state index contributed by atoms with van der Waals surface area (Å²) in [6.45, 7) is 1.52. The van der Waals surface area contributed by atoms with Gasteiger partial charge >= 0.3 is 5.69 Å². The summed E-state index contributed by atoms with van der Waals surface area (Å²) in [5.41, 5.74) is 0.784. The minimum Gasteiger partial charge on any atom is -0.434 e. The summed E-state index contributed by atoms with van der Waals surface area (Å²) in [7, 11) is 1.54. The molecule has 0 N–H and O–H groups in total. The molecule has 3 aromatic rings. The van der Waals surface area contributed by atoms with E-state index in [0.717, 1.165) is 0 Å². The van der Waals surface area contributed by atoms with Crippen LogP contribution in [-0.4, -0.2) is 20.5 Å². The molecular formula is C18H14FN3O4. The minimum atomic E-state index is -0.551. The topological polar surface area (TPSA) is 87.3 Å². The second kappa shape index (κ2) is 6.75. The largest absolute Gasteiger partial charge is 0.434 e. The van der Waals surface area contributed by atoms with E-state index < -0.39 is 10.7 Å². The van der Waals surface area contributed by atoms with E-state index in [2.05, 4.69) is 5.10 Å². The fraction of sp³-hybridized carbons (Fsp3) is 0.111. The van der Waals surface area contributed by atoms with Crippen molar-refractivity contribution >= 4 is 11.5 Å². The van der Waals surface area contributed by atoms with Gasteiger partial charge in [-0.25, -0.2) is 9.07 Å². The Kier molecular flexibility index (Phi) is 4.49. The number of hydrogen-bond acceptors (Lipinski definition) is 5. The smallest absolute Gasteiger partial charge is 0.353 e. The van der Waals surface area contributed by atoms with Crippen molar-refractivity contribution in [2.24, 2.45) is 7.05 Å². The number of carbonyl (C=O) groups excluding carboxylic acids is 1.